The van der Waals surface area contributed by atoms with Crippen molar-refractivity contribution >= 4 is 11.6 Å². The molecule has 0 spiro atoms. The normalized spacial score (nSPS) is 22.2. The summed E-state index contributed by atoms with van der Waals surface area (Å²) in [5, 5.41) is 14.1. The molecular weight excluding hydrogens is 475 g/mol. The molecule has 1 saturated carbocycles. The second-order valence-corrected chi connectivity index (χ2v) is 9.96. The minimum Gasteiger partial charge on any atom is -0.494 e. The van der Waals surface area contributed by atoms with Crippen LogP contribution < -0.4 is 20.7 Å². The molecule has 200 valence electrons. The first kappa shape index (κ1) is 26.9. The van der Waals surface area contributed by atoms with E-state index in [2.05, 4.69) is 38.0 Å². The number of carbonyl (C=O) groups excluding carboxylic acids is 1. The Kier molecular flexibility index (Phi) is 9.04. The van der Waals surface area contributed by atoms with Crippen molar-refractivity contribution in [2.45, 2.75) is 70.7 Å². The van der Waals surface area contributed by atoms with E-state index < -0.39 is 5.82 Å². The summed E-state index contributed by atoms with van der Waals surface area (Å²) in [6, 6.07) is 7.13. The van der Waals surface area contributed by atoms with E-state index in [1.165, 1.54) is 13.2 Å². The molecule has 0 bridgehead atoms. The highest BCUT2D eigenvalue weighted by Crippen LogP contribution is 2.33. The largest absolute Gasteiger partial charge is 0.494 e. The number of likely N-dealkylation sites (N-methyl/N-ethyl adjacent to an activating group) is 1. The molecule has 10 heteroatoms. The van der Waals surface area contributed by atoms with Gasteiger partial charge in [-0.25, -0.2) is 14.4 Å². The zero-order valence-electron chi connectivity index (χ0n) is 22.0. The van der Waals surface area contributed by atoms with Crippen LogP contribution in [0.1, 0.15) is 66.6 Å². The molecular formula is C27H37FN6O3. The lowest BCUT2D eigenvalue weighted by atomic mass is 9.81. The fraction of sp³-hybridized carbons (Fsp3) is 0.556. The number of hydrogen-bond acceptors (Lipinski definition) is 8. The van der Waals surface area contributed by atoms with Gasteiger partial charge in [-0.3, -0.25) is 4.79 Å². The van der Waals surface area contributed by atoms with E-state index >= 15 is 0 Å². The zero-order valence-corrected chi connectivity index (χ0v) is 22.0. The number of nitrogens with zero attached hydrogens (tertiary/aromatic N) is 3. The van der Waals surface area contributed by atoms with Crippen LogP contribution in [0.15, 0.2) is 29.4 Å². The highest BCUT2D eigenvalue weighted by atomic mass is 19.1. The molecule has 1 aromatic heterocycles. The van der Waals surface area contributed by atoms with Gasteiger partial charge in [-0.2, -0.15) is 0 Å². The first-order valence-electron chi connectivity index (χ1n) is 13.0. The molecule has 4 rings (SSSR count). The number of oxime groups is 1. The van der Waals surface area contributed by atoms with Gasteiger partial charge in [0.05, 0.1) is 12.8 Å². The smallest absolute Gasteiger partial charge is 0.270 e. The lowest BCUT2D eigenvalue weighted by Gasteiger charge is -2.33. The summed E-state index contributed by atoms with van der Waals surface area (Å²) in [6.45, 7) is 5.14. The average molecular weight is 513 g/mol. The summed E-state index contributed by atoms with van der Waals surface area (Å²) in [5.41, 5.74) is 2.33. The Bertz CT molecular complexity index is 1120. The first-order valence-corrected chi connectivity index (χ1v) is 13.0. The highest BCUT2D eigenvalue weighted by molar-refractivity contribution is 6.01. The van der Waals surface area contributed by atoms with E-state index in [-0.39, 0.29) is 30.0 Å². The standard InChI is InChI=1S/C27H37FN6O3/c1-16(14-29-3)31-20-8-6-19(7-9-20)25-13-23(34-37-25)22-12-24(33-17(2)32-22)27(35)30-15-18-5-10-21(28)26(11-18)36-4/h5,10-12,16,19-20,25,29,31H,6-9,13-15H2,1-4H3,(H,30,35). The van der Waals surface area contributed by atoms with Gasteiger partial charge in [0.15, 0.2) is 11.6 Å². The van der Waals surface area contributed by atoms with E-state index in [9.17, 15) is 9.18 Å². The number of methoxy groups -OCH3 is 1. The van der Waals surface area contributed by atoms with Crippen LogP contribution in [0.2, 0.25) is 0 Å². The van der Waals surface area contributed by atoms with Gasteiger partial charge in [0.2, 0.25) is 0 Å². The van der Waals surface area contributed by atoms with Crippen LogP contribution in [0, 0.1) is 18.7 Å². The second-order valence-electron chi connectivity index (χ2n) is 9.96. The summed E-state index contributed by atoms with van der Waals surface area (Å²) < 4.78 is 18.7. The van der Waals surface area contributed by atoms with Crippen LogP contribution in [0.3, 0.4) is 0 Å². The molecule has 9 nitrogen and oxygen atoms in total. The maximum Gasteiger partial charge on any atom is 0.270 e. The quantitative estimate of drug-likeness (QED) is 0.449. The van der Waals surface area contributed by atoms with Crippen molar-refractivity contribution in [2.24, 2.45) is 11.1 Å². The predicted molar refractivity (Wildman–Crippen MR) is 139 cm³/mol. The van der Waals surface area contributed by atoms with Crippen molar-refractivity contribution in [3.8, 4) is 5.75 Å². The van der Waals surface area contributed by atoms with Crippen LogP contribution in [0.5, 0.6) is 5.75 Å². The van der Waals surface area contributed by atoms with Crippen molar-refractivity contribution in [2.75, 3.05) is 20.7 Å². The number of aromatic nitrogens is 2. The molecule has 1 aliphatic carbocycles. The van der Waals surface area contributed by atoms with E-state index in [4.69, 9.17) is 9.57 Å². The molecule has 37 heavy (non-hydrogen) atoms. The van der Waals surface area contributed by atoms with Gasteiger partial charge >= 0.3 is 0 Å². The molecule has 1 aliphatic heterocycles. The fourth-order valence-electron chi connectivity index (χ4n) is 5.14. The van der Waals surface area contributed by atoms with Gasteiger partial charge in [-0.05, 0) is 76.3 Å². The molecule has 3 N–H and O–H groups in total. The summed E-state index contributed by atoms with van der Waals surface area (Å²) in [5.74, 6) is 0.283. The van der Waals surface area contributed by atoms with Crippen LogP contribution in [-0.4, -0.2) is 60.5 Å². The van der Waals surface area contributed by atoms with Gasteiger partial charge in [-0.15, -0.1) is 0 Å². The van der Waals surface area contributed by atoms with Gasteiger partial charge in [-0.1, -0.05) is 11.2 Å². The van der Waals surface area contributed by atoms with Gasteiger partial charge in [0.1, 0.15) is 23.3 Å². The molecule has 1 fully saturated rings. The maximum absolute atomic E-state index is 13.6. The molecule has 1 amide bonds. The third kappa shape index (κ3) is 7.01. The van der Waals surface area contributed by atoms with Gasteiger partial charge in [0, 0.05) is 31.6 Å². The SMILES string of the molecule is CNCC(C)NC1CCC(C2CC(c3cc(C(=O)NCc4ccc(F)c(OC)c4)nc(C)n3)=NO2)CC1. The first-order chi connectivity index (χ1) is 17.9. The molecule has 0 saturated heterocycles. The van der Waals surface area contributed by atoms with Crippen LogP contribution >= 0.6 is 0 Å². The minimum atomic E-state index is -0.449. The number of nitrogens with one attached hydrogen (secondary N) is 3. The van der Waals surface area contributed by atoms with E-state index in [0.29, 0.717) is 35.9 Å². The number of amides is 1. The average Bonchev–Trinajstić information content (AvgIpc) is 3.39. The summed E-state index contributed by atoms with van der Waals surface area (Å²) in [4.78, 5) is 27.5. The van der Waals surface area contributed by atoms with Crippen molar-refractivity contribution in [1.82, 2.24) is 25.9 Å². The van der Waals surface area contributed by atoms with Crippen molar-refractivity contribution in [3.63, 3.8) is 0 Å². The number of rotatable bonds is 10. The van der Waals surface area contributed by atoms with Crippen molar-refractivity contribution < 1.29 is 18.8 Å². The Balaban J connectivity index is 1.32. The highest BCUT2D eigenvalue weighted by Gasteiger charge is 2.34. The molecule has 2 unspecified atom stereocenters. The van der Waals surface area contributed by atoms with E-state index in [1.807, 2.05) is 7.05 Å². The monoisotopic (exact) mass is 512 g/mol. The van der Waals surface area contributed by atoms with Crippen LogP contribution in [-0.2, 0) is 11.4 Å². The molecule has 2 aliphatic rings. The van der Waals surface area contributed by atoms with E-state index in [1.54, 1.807) is 25.1 Å². The number of aryl methyl sites for hydroxylation is 1. The molecule has 2 heterocycles. The van der Waals surface area contributed by atoms with Crippen molar-refractivity contribution in [3.05, 3.63) is 52.9 Å². The third-order valence-corrected chi connectivity index (χ3v) is 7.06. The number of benzene rings is 1. The Morgan fingerprint density at radius 1 is 1.22 bits per heavy atom. The summed E-state index contributed by atoms with van der Waals surface area (Å²) in [7, 11) is 3.38. The van der Waals surface area contributed by atoms with Crippen LogP contribution in [0.25, 0.3) is 0 Å². The topological polar surface area (TPSA) is 110 Å². The number of halogens is 1. The summed E-state index contributed by atoms with van der Waals surface area (Å²) in [6.07, 6.45) is 5.16. The molecule has 2 atom stereocenters. The number of hydrogen-bond donors (Lipinski definition) is 3. The van der Waals surface area contributed by atoms with E-state index in [0.717, 1.165) is 43.5 Å². The fourth-order valence-corrected chi connectivity index (χ4v) is 5.14. The van der Waals surface area contributed by atoms with Gasteiger partial charge in [0.25, 0.3) is 5.91 Å². The molecule has 2 aromatic rings. The summed E-state index contributed by atoms with van der Waals surface area (Å²) >= 11 is 0. The Morgan fingerprint density at radius 2 is 2.00 bits per heavy atom. The Hall–Kier alpha value is -3.11. The Morgan fingerprint density at radius 3 is 2.73 bits per heavy atom. The number of ether oxygens (including phenoxy) is 1. The van der Waals surface area contributed by atoms with Gasteiger partial charge < -0.3 is 25.5 Å². The van der Waals surface area contributed by atoms with Crippen LogP contribution in [0.4, 0.5) is 4.39 Å². The molecule has 1 aromatic carbocycles. The Labute approximate surface area is 217 Å². The number of carbonyl (C=O) groups is 1. The maximum atomic E-state index is 13.6. The lowest BCUT2D eigenvalue weighted by molar-refractivity contribution is 0.0229. The third-order valence-electron chi connectivity index (χ3n) is 7.06. The lowest BCUT2D eigenvalue weighted by Crippen LogP contribution is -2.44. The van der Waals surface area contributed by atoms with Crippen molar-refractivity contribution in [1.29, 1.82) is 0 Å². The zero-order chi connectivity index (χ0) is 26.4. The predicted octanol–water partition coefficient (Wildman–Crippen LogP) is 3.11. The minimum absolute atomic E-state index is 0.0340. The molecule has 0 radical (unpaired) electrons. The second kappa shape index (κ2) is 12.4.